The molecular formula is C22H28F2N6O3S. The molecule has 0 bridgehead atoms. The lowest BCUT2D eigenvalue weighted by atomic mass is 9.91. The van der Waals surface area contributed by atoms with Crippen molar-refractivity contribution in [1.29, 1.82) is 0 Å². The first-order valence-corrected chi connectivity index (χ1v) is 12.0. The molecular weight excluding hydrogens is 466 g/mol. The number of nitrogens with one attached hydrogen (secondary N) is 3. The fraction of sp³-hybridized carbons (Fsp3) is 0.500. The Labute approximate surface area is 200 Å². The second kappa shape index (κ2) is 10.6. The van der Waals surface area contributed by atoms with Gasteiger partial charge in [0.25, 0.3) is 5.91 Å². The molecule has 3 amide bonds. The van der Waals surface area contributed by atoms with Crippen molar-refractivity contribution in [2.24, 2.45) is 11.7 Å². The van der Waals surface area contributed by atoms with E-state index in [4.69, 9.17) is 10.5 Å². The highest BCUT2D eigenvalue weighted by Gasteiger charge is 2.30. The monoisotopic (exact) mass is 494 g/mol. The average Bonchev–Trinajstić information content (AvgIpc) is 3.21. The Hall–Kier alpha value is -2.83. The van der Waals surface area contributed by atoms with Gasteiger partial charge in [-0.05, 0) is 54.9 Å². The number of nitrogens with zero attached hydrogens (tertiary/aromatic N) is 2. The molecule has 2 unspecified atom stereocenters. The highest BCUT2D eigenvalue weighted by Crippen LogP contribution is 2.31. The molecule has 1 aromatic heterocycles. The van der Waals surface area contributed by atoms with E-state index in [9.17, 15) is 18.4 Å². The first kappa shape index (κ1) is 24.3. The SMILES string of the molecule is Cc1cc(F)c(COc2nsc(NC(=O)NCC3CCC4CNCCN4C3)c2C(N)=O)cc1F. The zero-order chi connectivity index (χ0) is 24.2. The number of piperidine rings is 1. The van der Waals surface area contributed by atoms with E-state index in [2.05, 4.69) is 25.2 Å². The summed E-state index contributed by atoms with van der Waals surface area (Å²) in [7, 11) is 0. The highest BCUT2D eigenvalue weighted by molar-refractivity contribution is 7.11. The van der Waals surface area contributed by atoms with Gasteiger partial charge in [0.15, 0.2) is 0 Å². The summed E-state index contributed by atoms with van der Waals surface area (Å²) in [6, 6.07) is 2.18. The quantitative estimate of drug-likeness (QED) is 0.468. The van der Waals surface area contributed by atoms with Gasteiger partial charge in [-0.2, -0.15) is 4.37 Å². The lowest BCUT2D eigenvalue weighted by Crippen LogP contribution is -2.56. The van der Waals surface area contributed by atoms with Crippen molar-refractivity contribution in [3.63, 3.8) is 0 Å². The second-order valence-electron chi connectivity index (χ2n) is 8.67. The van der Waals surface area contributed by atoms with Crippen molar-refractivity contribution in [2.45, 2.75) is 32.4 Å². The van der Waals surface area contributed by atoms with Crippen molar-refractivity contribution in [3.8, 4) is 5.88 Å². The lowest BCUT2D eigenvalue weighted by molar-refractivity contribution is 0.0860. The Balaban J connectivity index is 1.33. The smallest absolute Gasteiger partial charge is 0.319 e. The van der Waals surface area contributed by atoms with Gasteiger partial charge in [0.1, 0.15) is 28.8 Å². The van der Waals surface area contributed by atoms with Crippen LogP contribution in [-0.2, 0) is 6.61 Å². The number of aromatic nitrogens is 1. The van der Waals surface area contributed by atoms with Crippen LogP contribution in [0, 0.1) is 24.5 Å². The molecule has 2 aromatic rings. The van der Waals surface area contributed by atoms with Crippen LogP contribution in [-0.4, -0.2) is 60.0 Å². The van der Waals surface area contributed by atoms with E-state index >= 15 is 0 Å². The summed E-state index contributed by atoms with van der Waals surface area (Å²) in [5.74, 6) is -1.86. The van der Waals surface area contributed by atoms with Crippen LogP contribution in [0.5, 0.6) is 5.88 Å². The van der Waals surface area contributed by atoms with Gasteiger partial charge in [-0.25, -0.2) is 13.6 Å². The third-order valence-corrected chi connectivity index (χ3v) is 7.00. The maximum absolute atomic E-state index is 14.1. The number of piperazine rings is 1. The fourth-order valence-corrected chi connectivity index (χ4v) is 5.09. The third kappa shape index (κ3) is 5.62. The number of fused-ring (bicyclic) bond motifs is 1. The van der Waals surface area contributed by atoms with Gasteiger partial charge in [-0.3, -0.25) is 15.0 Å². The van der Waals surface area contributed by atoms with Crippen molar-refractivity contribution in [1.82, 2.24) is 19.9 Å². The maximum atomic E-state index is 14.1. The molecule has 2 fully saturated rings. The molecule has 0 radical (unpaired) electrons. The number of rotatable bonds is 7. The van der Waals surface area contributed by atoms with Crippen LogP contribution in [0.25, 0.3) is 0 Å². The molecule has 2 saturated heterocycles. The number of halogens is 2. The number of carbonyl (C=O) groups excluding carboxylic acids is 2. The van der Waals surface area contributed by atoms with Crippen LogP contribution in [0.4, 0.5) is 18.6 Å². The minimum absolute atomic E-state index is 0.0296. The number of primary amides is 1. The predicted molar refractivity (Wildman–Crippen MR) is 124 cm³/mol. The molecule has 0 saturated carbocycles. The van der Waals surface area contributed by atoms with Gasteiger partial charge in [0.2, 0.25) is 5.88 Å². The van der Waals surface area contributed by atoms with Crippen LogP contribution in [0.15, 0.2) is 12.1 Å². The largest absolute Gasteiger partial charge is 0.471 e. The maximum Gasteiger partial charge on any atom is 0.319 e. The minimum Gasteiger partial charge on any atom is -0.471 e. The zero-order valence-electron chi connectivity index (χ0n) is 18.8. The number of urea groups is 1. The topological polar surface area (TPSA) is 122 Å². The molecule has 12 heteroatoms. The van der Waals surface area contributed by atoms with Gasteiger partial charge >= 0.3 is 6.03 Å². The number of hydrogen-bond donors (Lipinski definition) is 4. The number of benzene rings is 1. The van der Waals surface area contributed by atoms with Crippen LogP contribution in [0.3, 0.4) is 0 Å². The van der Waals surface area contributed by atoms with E-state index in [0.29, 0.717) is 18.5 Å². The van der Waals surface area contributed by atoms with Crippen molar-refractivity contribution in [2.75, 3.05) is 38.0 Å². The molecule has 3 heterocycles. The summed E-state index contributed by atoms with van der Waals surface area (Å²) in [6.45, 7) is 5.55. The molecule has 0 spiro atoms. The summed E-state index contributed by atoms with van der Waals surface area (Å²) in [5.41, 5.74) is 5.49. The molecule has 2 aliphatic heterocycles. The summed E-state index contributed by atoms with van der Waals surface area (Å²) in [5, 5.41) is 8.99. The molecule has 0 aliphatic carbocycles. The van der Waals surface area contributed by atoms with E-state index < -0.39 is 23.6 Å². The second-order valence-corrected chi connectivity index (χ2v) is 9.44. The first-order chi connectivity index (χ1) is 16.3. The highest BCUT2D eigenvalue weighted by atomic mass is 32.1. The molecule has 184 valence electrons. The third-order valence-electron chi connectivity index (χ3n) is 6.25. The van der Waals surface area contributed by atoms with Crippen LogP contribution < -0.4 is 26.4 Å². The van der Waals surface area contributed by atoms with E-state index in [-0.39, 0.29) is 34.2 Å². The summed E-state index contributed by atoms with van der Waals surface area (Å²) in [6.07, 6.45) is 2.12. The van der Waals surface area contributed by atoms with Gasteiger partial charge in [-0.15, -0.1) is 0 Å². The molecule has 2 atom stereocenters. The average molecular weight is 495 g/mol. The van der Waals surface area contributed by atoms with E-state index in [0.717, 1.165) is 62.7 Å². The van der Waals surface area contributed by atoms with Crippen LogP contribution >= 0.6 is 11.5 Å². The normalized spacial score (nSPS) is 20.4. The number of carbonyl (C=O) groups is 2. The Bertz CT molecular complexity index is 1070. The number of amides is 3. The van der Waals surface area contributed by atoms with Gasteiger partial charge < -0.3 is 21.1 Å². The zero-order valence-corrected chi connectivity index (χ0v) is 19.6. The summed E-state index contributed by atoms with van der Waals surface area (Å²) < 4.78 is 37.3. The number of ether oxygens (including phenoxy) is 1. The molecule has 4 rings (SSSR count). The van der Waals surface area contributed by atoms with Gasteiger partial charge in [0, 0.05) is 44.3 Å². The fourth-order valence-electron chi connectivity index (χ4n) is 4.35. The standard InChI is InChI=1S/C22H28F2N6O3S/c1-12-6-17(24)14(7-16(12)23)11-33-20-18(19(25)31)21(34-29-20)28-22(32)27-8-13-2-3-15-9-26-4-5-30(15)10-13/h6-7,13,15,26H,2-5,8-11H2,1H3,(H2,25,31)(H2,27,28,32). The molecule has 9 nitrogen and oxygen atoms in total. The van der Waals surface area contributed by atoms with Gasteiger partial charge in [0.05, 0.1) is 0 Å². The molecule has 1 aromatic carbocycles. The van der Waals surface area contributed by atoms with E-state index in [1.807, 2.05) is 0 Å². The lowest BCUT2D eigenvalue weighted by Gasteiger charge is -2.42. The van der Waals surface area contributed by atoms with Gasteiger partial charge in [-0.1, -0.05) is 0 Å². The molecule has 2 aliphatic rings. The molecule has 5 N–H and O–H groups in total. The Morgan fingerprint density at radius 1 is 1.32 bits per heavy atom. The first-order valence-electron chi connectivity index (χ1n) is 11.2. The summed E-state index contributed by atoms with van der Waals surface area (Å²) in [4.78, 5) is 26.9. The number of hydrogen-bond acceptors (Lipinski definition) is 7. The number of anilines is 1. The molecule has 34 heavy (non-hydrogen) atoms. The summed E-state index contributed by atoms with van der Waals surface area (Å²) >= 11 is 0.823. The Morgan fingerprint density at radius 2 is 2.15 bits per heavy atom. The van der Waals surface area contributed by atoms with E-state index in [1.165, 1.54) is 6.92 Å². The van der Waals surface area contributed by atoms with Crippen molar-refractivity contribution < 1.29 is 23.1 Å². The Kier molecular flexibility index (Phi) is 7.59. The van der Waals surface area contributed by atoms with E-state index in [1.54, 1.807) is 0 Å². The van der Waals surface area contributed by atoms with Crippen LogP contribution in [0.2, 0.25) is 0 Å². The van der Waals surface area contributed by atoms with Crippen molar-refractivity contribution >= 4 is 28.5 Å². The number of aryl methyl sites for hydroxylation is 1. The predicted octanol–water partition coefficient (Wildman–Crippen LogP) is 2.21. The Morgan fingerprint density at radius 3 is 2.94 bits per heavy atom. The van der Waals surface area contributed by atoms with Crippen molar-refractivity contribution in [3.05, 3.63) is 40.5 Å². The van der Waals surface area contributed by atoms with Crippen LogP contribution in [0.1, 0.15) is 34.3 Å². The number of nitrogens with two attached hydrogens (primary N) is 1. The minimum atomic E-state index is -0.855.